The van der Waals surface area contributed by atoms with E-state index in [2.05, 4.69) is 26.0 Å². The Balaban J connectivity index is 2.43. The predicted molar refractivity (Wildman–Crippen MR) is 68.1 cm³/mol. The van der Waals surface area contributed by atoms with E-state index in [9.17, 15) is 0 Å². The summed E-state index contributed by atoms with van der Waals surface area (Å²) < 4.78 is 0.928. The van der Waals surface area contributed by atoms with Gasteiger partial charge in [0.1, 0.15) is 0 Å². The number of benzene rings is 1. The minimum atomic E-state index is 0.156. The molecule has 0 aromatic heterocycles. The lowest BCUT2D eigenvalue weighted by molar-refractivity contribution is 0.318. The maximum absolute atomic E-state index is 8.78. The van der Waals surface area contributed by atoms with Crippen molar-refractivity contribution >= 4 is 27.5 Å². The molecule has 1 fully saturated rings. The van der Waals surface area contributed by atoms with Crippen LogP contribution in [0.1, 0.15) is 18.4 Å². The van der Waals surface area contributed by atoms with Crippen LogP contribution in [0.4, 0.5) is 5.69 Å². The van der Waals surface area contributed by atoms with Gasteiger partial charge in [0, 0.05) is 28.8 Å². The molecule has 1 heterocycles. The molecule has 0 amide bonds. The molecule has 16 heavy (non-hydrogen) atoms. The second-order valence-corrected chi connectivity index (χ2v) is 4.76. The molecule has 4 nitrogen and oxygen atoms in total. The number of hydrogen-bond donors (Lipinski definition) is 2. The molecule has 86 valence electrons. The zero-order valence-corrected chi connectivity index (χ0v) is 10.4. The second-order valence-electron chi connectivity index (χ2n) is 3.84. The highest BCUT2D eigenvalue weighted by molar-refractivity contribution is 9.10. The monoisotopic (exact) mass is 283 g/mol. The van der Waals surface area contributed by atoms with Gasteiger partial charge in [-0.1, -0.05) is 21.1 Å². The van der Waals surface area contributed by atoms with E-state index >= 15 is 0 Å². The summed E-state index contributed by atoms with van der Waals surface area (Å²) in [4.78, 5) is 2.26. The third-order valence-electron chi connectivity index (χ3n) is 2.79. The van der Waals surface area contributed by atoms with E-state index < -0.39 is 0 Å². The number of anilines is 1. The largest absolute Gasteiger partial charge is 0.409 e. The zero-order chi connectivity index (χ0) is 11.5. The van der Waals surface area contributed by atoms with Gasteiger partial charge in [0.15, 0.2) is 5.84 Å². The maximum Gasteiger partial charge on any atom is 0.172 e. The molecule has 1 saturated heterocycles. The molecule has 0 aliphatic carbocycles. The Labute approximate surface area is 103 Å². The summed E-state index contributed by atoms with van der Waals surface area (Å²) in [6.07, 6.45) is 2.40. The van der Waals surface area contributed by atoms with Crippen molar-refractivity contribution in [3.63, 3.8) is 0 Å². The average Bonchev–Trinajstić information content (AvgIpc) is 2.81. The highest BCUT2D eigenvalue weighted by Gasteiger charge is 2.17. The van der Waals surface area contributed by atoms with Gasteiger partial charge in [-0.05, 0) is 31.0 Å². The third kappa shape index (κ3) is 2.14. The van der Waals surface area contributed by atoms with Crippen LogP contribution in [-0.2, 0) is 0 Å². The van der Waals surface area contributed by atoms with E-state index in [1.54, 1.807) is 0 Å². The lowest BCUT2D eigenvalue weighted by Crippen LogP contribution is -2.23. The van der Waals surface area contributed by atoms with Crippen LogP contribution in [0.3, 0.4) is 0 Å². The molecule has 1 aliphatic rings. The quantitative estimate of drug-likeness (QED) is 0.378. The van der Waals surface area contributed by atoms with Gasteiger partial charge in [-0.25, -0.2) is 0 Å². The minimum absolute atomic E-state index is 0.156. The van der Waals surface area contributed by atoms with Crippen molar-refractivity contribution in [3.05, 3.63) is 28.2 Å². The first kappa shape index (κ1) is 11.3. The van der Waals surface area contributed by atoms with Crippen LogP contribution in [0.25, 0.3) is 0 Å². The Morgan fingerprint density at radius 1 is 1.38 bits per heavy atom. The van der Waals surface area contributed by atoms with Gasteiger partial charge in [-0.15, -0.1) is 0 Å². The van der Waals surface area contributed by atoms with E-state index in [1.807, 2.05) is 18.2 Å². The number of nitrogens with zero attached hydrogens (tertiary/aromatic N) is 2. The fraction of sp³-hybridized carbons (Fsp3) is 0.364. The molecule has 1 aliphatic heterocycles. The lowest BCUT2D eigenvalue weighted by Gasteiger charge is -2.21. The highest BCUT2D eigenvalue weighted by Crippen LogP contribution is 2.27. The molecular weight excluding hydrogens is 270 g/mol. The molecule has 0 spiro atoms. The summed E-state index contributed by atoms with van der Waals surface area (Å²) in [7, 11) is 0. The number of nitrogens with two attached hydrogens (primary N) is 1. The summed E-state index contributed by atoms with van der Waals surface area (Å²) in [5.41, 5.74) is 7.50. The van der Waals surface area contributed by atoms with Crippen molar-refractivity contribution in [3.8, 4) is 0 Å². The number of rotatable bonds is 2. The van der Waals surface area contributed by atoms with E-state index in [0.29, 0.717) is 0 Å². The molecule has 0 saturated carbocycles. The number of hydrogen-bond acceptors (Lipinski definition) is 3. The first-order valence-corrected chi connectivity index (χ1v) is 6.04. The molecule has 3 N–H and O–H groups in total. The summed E-state index contributed by atoms with van der Waals surface area (Å²) in [6.45, 7) is 2.07. The topological polar surface area (TPSA) is 61.9 Å². The summed E-state index contributed by atoms with van der Waals surface area (Å²) >= 11 is 3.39. The molecule has 2 rings (SSSR count). The van der Waals surface area contributed by atoms with Gasteiger partial charge in [0.25, 0.3) is 0 Å². The van der Waals surface area contributed by atoms with Crippen LogP contribution < -0.4 is 10.6 Å². The molecule has 1 aromatic rings. The second kappa shape index (κ2) is 4.74. The first-order valence-electron chi connectivity index (χ1n) is 5.25. The fourth-order valence-corrected chi connectivity index (χ4v) is 2.36. The van der Waals surface area contributed by atoms with Gasteiger partial charge in [-0.3, -0.25) is 0 Å². The Morgan fingerprint density at radius 2 is 2.06 bits per heavy atom. The van der Waals surface area contributed by atoms with E-state index in [1.165, 1.54) is 12.8 Å². The molecular formula is C11H14BrN3O. The van der Waals surface area contributed by atoms with Gasteiger partial charge >= 0.3 is 0 Å². The van der Waals surface area contributed by atoms with Gasteiger partial charge < -0.3 is 15.8 Å². The molecule has 0 unspecified atom stereocenters. The summed E-state index contributed by atoms with van der Waals surface area (Å²) in [6, 6.07) is 5.85. The Hall–Kier alpha value is -1.23. The molecule has 0 atom stereocenters. The van der Waals surface area contributed by atoms with Crippen molar-refractivity contribution in [1.29, 1.82) is 0 Å². The number of halogens is 1. The van der Waals surface area contributed by atoms with Crippen LogP contribution in [0.15, 0.2) is 27.8 Å². The summed E-state index contributed by atoms with van der Waals surface area (Å²) in [5, 5.41) is 11.9. The van der Waals surface area contributed by atoms with Gasteiger partial charge in [0.2, 0.25) is 0 Å². The van der Waals surface area contributed by atoms with Gasteiger partial charge in [0.05, 0.1) is 0 Å². The van der Waals surface area contributed by atoms with Crippen LogP contribution in [-0.4, -0.2) is 24.1 Å². The maximum atomic E-state index is 8.78. The SMILES string of the molecule is N/C(=N/O)c1cc(Br)ccc1N1CCCC1. The molecule has 5 heteroatoms. The third-order valence-corrected chi connectivity index (χ3v) is 3.28. The Bertz CT molecular complexity index is 414. The van der Waals surface area contributed by atoms with Crippen LogP contribution in [0.2, 0.25) is 0 Å². The highest BCUT2D eigenvalue weighted by atomic mass is 79.9. The standard InChI is InChI=1S/C11H14BrN3O/c12-8-3-4-10(15-5-1-2-6-15)9(7-8)11(13)14-16/h3-4,7,16H,1-2,5-6H2,(H2,13,14). The smallest absolute Gasteiger partial charge is 0.172 e. The van der Waals surface area contributed by atoms with Crippen molar-refractivity contribution in [1.82, 2.24) is 0 Å². The van der Waals surface area contributed by atoms with Crippen molar-refractivity contribution in [2.75, 3.05) is 18.0 Å². The van der Waals surface area contributed by atoms with Crippen molar-refractivity contribution < 1.29 is 5.21 Å². The number of oxime groups is 1. The lowest BCUT2D eigenvalue weighted by atomic mass is 10.1. The van der Waals surface area contributed by atoms with E-state index in [4.69, 9.17) is 10.9 Å². The molecule has 0 radical (unpaired) electrons. The first-order chi connectivity index (χ1) is 7.72. The van der Waals surface area contributed by atoms with E-state index in [0.717, 1.165) is 28.8 Å². The fourth-order valence-electron chi connectivity index (χ4n) is 2.00. The Kier molecular flexibility index (Phi) is 3.33. The minimum Gasteiger partial charge on any atom is -0.409 e. The normalized spacial score (nSPS) is 16.8. The van der Waals surface area contributed by atoms with Gasteiger partial charge in [-0.2, -0.15) is 0 Å². The summed E-state index contributed by atoms with van der Waals surface area (Å²) in [5.74, 6) is 0.156. The van der Waals surface area contributed by atoms with Crippen LogP contribution >= 0.6 is 15.9 Å². The van der Waals surface area contributed by atoms with Crippen LogP contribution in [0.5, 0.6) is 0 Å². The molecule has 0 bridgehead atoms. The predicted octanol–water partition coefficient (Wildman–Crippen LogP) is 2.14. The van der Waals surface area contributed by atoms with Crippen LogP contribution in [0, 0.1) is 0 Å². The average molecular weight is 284 g/mol. The number of amidine groups is 1. The Morgan fingerprint density at radius 3 is 2.69 bits per heavy atom. The van der Waals surface area contributed by atoms with Crippen molar-refractivity contribution in [2.24, 2.45) is 10.9 Å². The van der Waals surface area contributed by atoms with E-state index in [-0.39, 0.29) is 5.84 Å². The molecule has 1 aromatic carbocycles. The van der Waals surface area contributed by atoms with Crippen molar-refractivity contribution in [2.45, 2.75) is 12.8 Å². The zero-order valence-electron chi connectivity index (χ0n) is 8.86.